The second-order valence-electron chi connectivity index (χ2n) is 17.1. The average Bonchev–Trinajstić information content (AvgIpc) is 3.86. The Labute approximate surface area is 406 Å². The summed E-state index contributed by atoms with van der Waals surface area (Å²) in [6.45, 7) is 0. The van der Waals surface area contributed by atoms with Crippen LogP contribution in [0.5, 0.6) is 0 Å². The van der Waals surface area contributed by atoms with E-state index >= 15 is 13.2 Å². The highest BCUT2D eigenvalue weighted by molar-refractivity contribution is 6.12. The maximum Gasteiger partial charge on any atom is 0.417 e. The van der Waals surface area contributed by atoms with Crippen molar-refractivity contribution in [2.45, 2.75) is 30.9 Å². The lowest BCUT2D eigenvalue weighted by molar-refractivity contribution is -0.144. The van der Waals surface area contributed by atoms with Gasteiger partial charge in [-0.15, -0.1) is 0 Å². The number of hydrogen-bond donors (Lipinski definition) is 0. The van der Waals surface area contributed by atoms with Gasteiger partial charge in [-0.25, -0.2) is 0 Å². The lowest BCUT2D eigenvalue weighted by Crippen LogP contribution is -2.11. The van der Waals surface area contributed by atoms with Gasteiger partial charge in [0.25, 0.3) is 0 Å². The summed E-state index contributed by atoms with van der Waals surface area (Å²) in [5.74, 6) is 0. The highest BCUT2D eigenvalue weighted by atomic mass is 19.4. The van der Waals surface area contributed by atoms with Gasteiger partial charge in [0.1, 0.15) is 6.07 Å². The van der Waals surface area contributed by atoms with E-state index in [9.17, 15) is 63.2 Å². The summed E-state index contributed by atoms with van der Waals surface area (Å²) in [4.78, 5) is 0. The van der Waals surface area contributed by atoms with Crippen LogP contribution in [-0.4, -0.2) is 9.13 Å². The highest BCUT2D eigenvalue weighted by Crippen LogP contribution is 2.47. The summed E-state index contributed by atoms with van der Waals surface area (Å²) in [5.41, 5.74) is -10.3. The van der Waals surface area contributed by atoms with Gasteiger partial charge in [-0.2, -0.15) is 76.4 Å². The van der Waals surface area contributed by atoms with Crippen LogP contribution in [0.4, 0.5) is 65.9 Å². The molecule has 0 fully saturated rings. The Morgan fingerprint density at radius 1 is 0.324 bits per heavy atom. The molecular formula is C55H25F15N4. The van der Waals surface area contributed by atoms with Gasteiger partial charge in [-0.1, -0.05) is 66.7 Å². The topological polar surface area (TPSA) is 57.4 Å². The Kier molecular flexibility index (Phi) is 11.2. The van der Waals surface area contributed by atoms with Crippen molar-refractivity contribution in [2.24, 2.45) is 0 Å². The number of para-hydroxylation sites is 2. The first-order valence-corrected chi connectivity index (χ1v) is 21.6. The van der Waals surface area contributed by atoms with Crippen molar-refractivity contribution in [3.63, 3.8) is 0 Å². The van der Waals surface area contributed by atoms with Crippen LogP contribution in [-0.2, 0) is 30.9 Å². The summed E-state index contributed by atoms with van der Waals surface area (Å²) < 4.78 is 218. The molecule has 8 aromatic carbocycles. The number of halogens is 15. The van der Waals surface area contributed by atoms with Crippen molar-refractivity contribution in [2.75, 3.05) is 0 Å². The number of hydrogen-bond acceptors (Lipinski definition) is 2. The maximum absolute atomic E-state index is 15.4. The molecule has 0 N–H and O–H groups in total. The van der Waals surface area contributed by atoms with E-state index in [1.165, 1.54) is 57.7 Å². The molecule has 4 nitrogen and oxygen atoms in total. The predicted octanol–water partition coefficient (Wildman–Crippen LogP) is 17.7. The Bertz CT molecular complexity index is 3970. The molecule has 0 unspecified atom stereocenters. The van der Waals surface area contributed by atoms with Gasteiger partial charge in [0.15, 0.2) is 0 Å². The van der Waals surface area contributed by atoms with E-state index < -0.39 is 81.0 Å². The normalized spacial score (nSPS) is 12.8. The first kappa shape index (κ1) is 48.9. The summed E-state index contributed by atoms with van der Waals surface area (Å²) in [7, 11) is 0. The molecule has 74 heavy (non-hydrogen) atoms. The van der Waals surface area contributed by atoms with E-state index in [1.807, 2.05) is 0 Å². The summed E-state index contributed by atoms with van der Waals surface area (Å²) >= 11 is 0. The second kappa shape index (κ2) is 16.9. The quantitative estimate of drug-likeness (QED) is 0.161. The molecule has 0 spiro atoms. The SMILES string of the molecule is N#Cc1ccc(-c2cc(-n3c4ccccc4c4ccc(-c5cc(C(F)(F)F)cc(C(F)(F)F)c5)cc43)c(C#N)cc2-n2c3ccccc3c3ccc(-c4cc(C(F)(F)F)cc(C(F)(F)F)c4)cc32)c(C(F)(F)F)c1. The minimum absolute atomic E-state index is 0.0351. The molecule has 370 valence electrons. The van der Waals surface area contributed by atoms with Crippen molar-refractivity contribution in [3.05, 3.63) is 191 Å². The van der Waals surface area contributed by atoms with Crippen LogP contribution in [0.15, 0.2) is 152 Å². The van der Waals surface area contributed by atoms with Crippen LogP contribution in [0, 0.1) is 22.7 Å². The Hall–Kier alpha value is -8.71. The molecule has 19 heteroatoms. The van der Waals surface area contributed by atoms with E-state index in [1.54, 1.807) is 54.6 Å². The first-order valence-electron chi connectivity index (χ1n) is 21.6. The smallest absolute Gasteiger partial charge is 0.309 e. The molecule has 0 saturated heterocycles. The second-order valence-corrected chi connectivity index (χ2v) is 17.1. The summed E-state index contributed by atoms with van der Waals surface area (Å²) in [5, 5.41) is 22.3. The van der Waals surface area contributed by atoms with Crippen LogP contribution in [0.2, 0.25) is 0 Å². The zero-order chi connectivity index (χ0) is 53.0. The van der Waals surface area contributed by atoms with Crippen LogP contribution >= 0.6 is 0 Å². The molecule has 2 heterocycles. The number of alkyl halides is 15. The minimum Gasteiger partial charge on any atom is -0.309 e. The number of nitriles is 2. The van der Waals surface area contributed by atoms with Crippen molar-refractivity contribution >= 4 is 43.6 Å². The summed E-state index contributed by atoms with van der Waals surface area (Å²) in [6.07, 6.45) is -26.0. The zero-order valence-corrected chi connectivity index (χ0v) is 36.9. The van der Waals surface area contributed by atoms with Crippen molar-refractivity contribution in [1.82, 2.24) is 9.13 Å². The van der Waals surface area contributed by atoms with Gasteiger partial charge in [-0.05, 0) is 113 Å². The van der Waals surface area contributed by atoms with E-state index in [-0.39, 0.29) is 67.8 Å². The highest BCUT2D eigenvalue weighted by Gasteiger charge is 2.40. The Morgan fingerprint density at radius 3 is 1.15 bits per heavy atom. The monoisotopic (exact) mass is 1030 g/mol. The van der Waals surface area contributed by atoms with Crippen LogP contribution in [0.1, 0.15) is 38.9 Å². The van der Waals surface area contributed by atoms with Gasteiger partial charge < -0.3 is 9.13 Å². The summed E-state index contributed by atoms with van der Waals surface area (Å²) in [6, 6.07) is 31.5. The van der Waals surface area contributed by atoms with E-state index in [0.717, 1.165) is 12.1 Å². The van der Waals surface area contributed by atoms with Crippen LogP contribution in [0.3, 0.4) is 0 Å². The number of aromatic nitrogens is 2. The Morgan fingerprint density at radius 2 is 0.743 bits per heavy atom. The van der Waals surface area contributed by atoms with Gasteiger partial charge in [0.05, 0.1) is 78.5 Å². The maximum atomic E-state index is 15.4. The molecule has 10 aromatic rings. The van der Waals surface area contributed by atoms with Crippen molar-refractivity contribution in [1.29, 1.82) is 10.5 Å². The lowest BCUT2D eigenvalue weighted by Gasteiger charge is -2.21. The van der Waals surface area contributed by atoms with Gasteiger partial charge in [0, 0.05) is 27.1 Å². The molecule has 0 aliphatic heterocycles. The molecule has 0 aliphatic rings. The number of fused-ring (bicyclic) bond motifs is 6. The minimum atomic E-state index is -5.22. The first-order chi connectivity index (χ1) is 34.7. The third-order valence-corrected chi connectivity index (χ3v) is 12.7. The molecule has 0 bridgehead atoms. The lowest BCUT2D eigenvalue weighted by atomic mass is 9.93. The van der Waals surface area contributed by atoms with Crippen LogP contribution in [0.25, 0.3) is 88.4 Å². The third-order valence-electron chi connectivity index (χ3n) is 12.7. The van der Waals surface area contributed by atoms with Crippen molar-refractivity contribution < 1.29 is 65.9 Å². The van der Waals surface area contributed by atoms with E-state index in [4.69, 9.17) is 0 Å². The fourth-order valence-corrected chi connectivity index (χ4v) is 9.40. The average molecular weight is 1030 g/mol. The van der Waals surface area contributed by atoms with E-state index in [2.05, 4.69) is 6.07 Å². The van der Waals surface area contributed by atoms with Gasteiger partial charge >= 0.3 is 30.9 Å². The molecular weight excluding hydrogens is 1000 g/mol. The molecule has 0 amide bonds. The number of rotatable bonds is 5. The predicted molar refractivity (Wildman–Crippen MR) is 246 cm³/mol. The van der Waals surface area contributed by atoms with Gasteiger partial charge in [-0.3, -0.25) is 0 Å². The van der Waals surface area contributed by atoms with E-state index in [0.29, 0.717) is 51.9 Å². The molecule has 10 rings (SSSR count). The third kappa shape index (κ3) is 8.47. The molecule has 0 saturated carbocycles. The molecule has 2 aromatic heterocycles. The molecule has 0 aliphatic carbocycles. The molecule has 0 radical (unpaired) electrons. The fourth-order valence-electron chi connectivity index (χ4n) is 9.40. The fraction of sp³-hybridized carbons (Fsp3) is 0.0909. The largest absolute Gasteiger partial charge is 0.417 e. The zero-order valence-electron chi connectivity index (χ0n) is 36.9. The van der Waals surface area contributed by atoms with Crippen LogP contribution < -0.4 is 0 Å². The number of nitrogens with zero attached hydrogens (tertiary/aromatic N) is 4. The standard InChI is InChI=1S/C55H25F15N4/c56-51(57,58)34-16-31(17-35(23-34)52(59,60)61)29-10-13-41-39-5-1-3-7-45(39)73(48(41)20-29)47-25-43(38-12-9-28(26-71)15-44(38)55(68,69)70)50(22-33(47)27-72)74-46-8-4-2-6-40(46)42-14-11-30(21-49(42)74)32-18-36(53(62,63)64)24-37(19-32)54(65,66)67/h1-25H. The molecule has 0 atom stereocenters. The Balaban J connectivity index is 1.32. The van der Waals surface area contributed by atoms with Crippen molar-refractivity contribution in [3.8, 4) is 56.9 Å². The number of benzene rings is 8. The van der Waals surface area contributed by atoms with Gasteiger partial charge in [0.2, 0.25) is 0 Å².